The van der Waals surface area contributed by atoms with Gasteiger partial charge in [-0.2, -0.15) is 0 Å². The fraction of sp³-hybridized carbons (Fsp3) is 0.273. The van der Waals surface area contributed by atoms with Gasteiger partial charge in [0.05, 0.1) is 11.0 Å². The Morgan fingerprint density at radius 3 is 2.35 bits per heavy atom. The number of non-ortho nitro benzene ring substituents is 1. The second-order valence-electron chi connectivity index (χ2n) is 3.83. The minimum Gasteiger partial charge on any atom is -0.481 e. The Morgan fingerprint density at radius 2 is 1.90 bits per heavy atom. The van der Waals surface area contributed by atoms with Crippen LogP contribution in [0.25, 0.3) is 0 Å². The highest BCUT2D eigenvalue weighted by atomic mass is 16.6. The summed E-state index contributed by atoms with van der Waals surface area (Å²) in [6.45, 7) is 0. The predicted octanol–water partition coefficient (Wildman–Crippen LogP) is -0.0993. The standard InChI is InChI=1S/C11H13N3O5.H2O/c12-9(5-6-10(15)16)11(17)13-7-1-3-8(4-2-7)14(18)19;/h1-4,9H,5-6,12H2,(H,13,17)(H,15,16);1H2/t9-;/m0./s1. The van der Waals surface area contributed by atoms with E-state index in [2.05, 4.69) is 5.32 Å². The maximum absolute atomic E-state index is 11.6. The quantitative estimate of drug-likeness (QED) is 0.487. The highest BCUT2D eigenvalue weighted by Gasteiger charge is 2.15. The minimum absolute atomic E-state index is 0. The molecule has 110 valence electrons. The number of nitro groups is 1. The zero-order chi connectivity index (χ0) is 14.4. The zero-order valence-corrected chi connectivity index (χ0v) is 10.4. The number of rotatable bonds is 6. The average molecular weight is 285 g/mol. The second-order valence-corrected chi connectivity index (χ2v) is 3.83. The van der Waals surface area contributed by atoms with Gasteiger partial charge in [0.1, 0.15) is 0 Å². The van der Waals surface area contributed by atoms with Crippen LogP contribution in [0.15, 0.2) is 24.3 Å². The van der Waals surface area contributed by atoms with Crippen LogP contribution >= 0.6 is 0 Å². The number of hydrogen-bond acceptors (Lipinski definition) is 5. The van der Waals surface area contributed by atoms with Gasteiger partial charge in [0, 0.05) is 24.2 Å². The van der Waals surface area contributed by atoms with E-state index in [1.165, 1.54) is 24.3 Å². The van der Waals surface area contributed by atoms with Gasteiger partial charge in [-0.15, -0.1) is 0 Å². The van der Waals surface area contributed by atoms with Gasteiger partial charge < -0.3 is 21.6 Å². The molecule has 9 nitrogen and oxygen atoms in total. The van der Waals surface area contributed by atoms with Crippen LogP contribution in [0.1, 0.15) is 12.8 Å². The van der Waals surface area contributed by atoms with Gasteiger partial charge in [-0.3, -0.25) is 19.7 Å². The Morgan fingerprint density at radius 1 is 1.35 bits per heavy atom. The lowest BCUT2D eigenvalue weighted by Crippen LogP contribution is -2.36. The molecule has 0 bridgehead atoms. The van der Waals surface area contributed by atoms with Crippen molar-refractivity contribution >= 4 is 23.3 Å². The van der Waals surface area contributed by atoms with Crippen LogP contribution in [-0.2, 0) is 9.59 Å². The minimum atomic E-state index is -1.03. The number of nitro benzene ring substituents is 1. The van der Waals surface area contributed by atoms with Crippen molar-refractivity contribution in [3.63, 3.8) is 0 Å². The third-order valence-electron chi connectivity index (χ3n) is 2.35. The summed E-state index contributed by atoms with van der Waals surface area (Å²) in [5.41, 5.74) is 5.78. The van der Waals surface area contributed by atoms with Crippen molar-refractivity contribution in [3.8, 4) is 0 Å². The maximum atomic E-state index is 11.6. The first-order valence-corrected chi connectivity index (χ1v) is 5.43. The first kappa shape index (κ1) is 17.5. The number of carbonyl (C=O) groups excluding carboxylic acids is 1. The highest BCUT2D eigenvalue weighted by Crippen LogP contribution is 2.15. The van der Waals surface area contributed by atoms with Gasteiger partial charge in [0.25, 0.3) is 5.69 Å². The fourth-order valence-corrected chi connectivity index (χ4v) is 1.31. The van der Waals surface area contributed by atoms with Crippen LogP contribution in [0.2, 0.25) is 0 Å². The molecule has 6 N–H and O–H groups in total. The first-order valence-electron chi connectivity index (χ1n) is 5.43. The van der Waals surface area contributed by atoms with E-state index in [0.717, 1.165) is 0 Å². The van der Waals surface area contributed by atoms with Crippen molar-refractivity contribution in [1.82, 2.24) is 0 Å². The van der Waals surface area contributed by atoms with Gasteiger partial charge in [-0.05, 0) is 18.6 Å². The van der Waals surface area contributed by atoms with E-state index in [0.29, 0.717) is 5.69 Å². The number of carboxylic acid groups (broad SMARTS) is 1. The topological polar surface area (TPSA) is 167 Å². The van der Waals surface area contributed by atoms with Gasteiger partial charge >= 0.3 is 5.97 Å². The normalized spacial score (nSPS) is 11.1. The van der Waals surface area contributed by atoms with Crippen LogP contribution in [0.3, 0.4) is 0 Å². The molecule has 0 aromatic heterocycles. The molecule has 0 aliphatic heterocycles. The lowest BCUT2D eigenvalue weighted by Gasteiger charge is -2.10. The van der Waals surface area contributed by atoms with Crippen molar-refractivity contribution in [1.29, 1.82) is 0 Å². The summed E-state index contributed by atoms with van der Waals surface area (Å²) >= 11 is 0. The number of carbonyl (C=O) groups is 2. The smallest absolute Gasteiger partial charge is 0.303 e. The van der Waals surface area contributed by atoms with E-state index in [4.69, 9.17) is 10.8 Å². The molecular weight excluding hydrogens is 270 g/mol. The molecule has 20 heavy (non-hydrogen) atoms. The lowest BCUT2D eigenvalue weighted by molar-refractivity contribution is -0.384. The molecular formula is C11H15N3O6. The number of nitrogens with two attached hydrogens (primary N) is 1. The predicted molar refractivity (Wildman–Crippen MR) is 70.2 cm³/mol. The number of nitrogens with zero attached hydrogens (tertiary/aromatic N) is 1. The summed E-state index contributed by atoms with van der Waals surface area (Å²) in [7, 11) is 0. The van der Waals surface area contributed by atoms with E-state index in [1.807, 2.05) is 0 Å². The SMILES string of the molecule is N[C@@H](CCC(=O)O)C(=O)Nc1ccc([N+](=O)[O-])cc1.O. The highest BCUT2D eigenvalue weighted by molar-refractivity contribution is 5.94. The third kappa shape index (κ3) is 5.42. The van der Waals surface area contributed by atoms with E-state index < -0.39 is 22.8 Å². The molecule has 0 spiro atoms. The Labute approximate surface area is 113 Å². The summed E-state index contributed by atoms with van der Waals surface area (Å²) < 4.78 is 0. The molecule has 1 atom stereocenters. The summed E-state index contributed by atoms with van der Waals surface area (Å²) in [6, 6.07) is 4.31. The molecule has 0 aliphatic rings. The molecule has 0 radical (unpaired) electrons. The number of hydrogen-bond donors (Lipinski definition) is 3. The van der Waals surface area contributed by atoms with Gasteiger partial charge in [0.15, 0.2) is 0 Å². The summed E-state index contributed by atoms with van der Waals surface area (Å²) in [5.74, 6) is -1.56. The van der Waals surface area contributed by atoms with Gasteiger partial charge in [-0.25, -0.2) is 0 Å². The van der Waals surface area contributed by atoms with E-state index in [1.54, 1.807) is 0 Å². The first-order chi connectivity index (χ1) is 8.90. The van der Waals surface area contributed by atoms with Crippen molar-refractivity contribution in [2.45, 2.75) is 18.9 Å². The second kappa shape index (κ2) is 7.81. The zero-order valence-electron chi connectivity index (χ0n) is 10.4. The van der Waals surface area contributed by atoms with Gasteiger partial charge in [-0.1, -0.05) is 0 Å². The molecule has 0 saturated carbocycles. The van der Waals surface area contributed by atoms with Crippen LogP contribution in [0, 0.1) is 10.1 Å². The van der Waals surface area contributed by atoms with E-state index in [-0.39, 0.29) is 24.0 Å². The maximum Gasteiger partial charge on any atom is 0.303 e. The Balaban J connectivity index is 0.00000361. The van der Waals surface area contributed by atoms with E-state index in [9.17, 15) is 19.7 Å². The van der Waals surface area contributed by atoms with Crippen molar-refractivity contribution in [3.05, 3.63) is 34.4 Å². The van der Waals surface area contributed by atoms with Crippen LogP contribution < -0.4 is 11.1 Å². The molecule has 1 amide bonds. The molecule has 9 heteroatoms. The van der Waals surface area contributed by atoms with Crippen LogP contribution in [0.4, 0.5) is 11.4 Å². The molecule has 0 fully saturated rings. The lowest BCUT2D eigenvalue weighted by atomic mass is 10.1. The molecule has 1 aromatic carbocycles. The van der Waals surface area contributed by atoms with Crippen LogP contribution in [-0.4, -0.2) is 33.4 Å². The third-order valence-corrected chi connectivity index (χ3v) is 2.35. The number of carboxylic acids is 1. The fourth-order valence-electron chi connectivity index (χ4n) is 1.31. The van der Waals surface area contributed by atoms with Gasteiger partial charge in [0.2, 0.25) is 5.91 Å². The number of nitrogens with one attached hydrogen (secondary N) is 1. The Bertz CT molecular complexity index is 487. The summed E-state index contributed by atoms with van der Waals surface area (Å²) in [4.78, 5) is 31.8. The number of amides is 1. The number of aliphatic carboxylic acids is 1. The number of benzene rings is 1. The number of anilines is 1. The van der Waals surface area contributed by atoms with E-state index >= 15 is 0 Å². The molecule has 0 heterocycles. The molecule has 0 aliphatic carbocycles. The molecule has 1 rings (SSSR count). The molecule has 1 aromatic rings. The van der Waals surface area contributed by atoms with Crippen molar-refractivity contribution in [2.24, 2.45) is 5.73 Å². The average Bonchev–Trinajstić information content (AvgIpc) is 2.36. The van der Waals surface area contributed by atoms with Crippen molar-refractivity contribution in [2.75, 3.05) is 5.32 Å². The largest absolute Gasteiger partial charge is 0.481 e. The monoisotopic (exact) mass is 285 g/mol. The molecule has 0 unspecified atom stereocenters. The summed E-state index contributed by atoms with van der Waals surface area (Å²) in [6.07, 6.45) is -0.178. The van der Waals surface area contributed by atoms with Crippen molar-refractivity contribution < 1.29 is 25.1 Å². The Kier molecular flexibility index (Phi) is 6.83. The Hall–Kier alpha value is -2.52. The van der Waals surface area contributed by atoms with Crippen LogP contribution in [0.5, 0.6) is 0 Å². The molecule has 0 saturated heterocycles. The summed E-state index contributed by atoms with van der Waals surface area (Å²) in [5, 5.41) is 21.4.